The third-order valence-electron chi connectivity index (χ3n) is 11.4. The van der Waals surface area contributed by atoms with E-state index in [1.807, 2.05) is 19.0 Å². The Bertz CT molecular complexity index is 977. The molecule has 1 aromatic rings. The van der Waals surface area contributed by atoms with Crippen molar-refractivity contribution in [2.45, 2.75) is 158 Å². The van der Waals surface area contributed by atoms with Gasteiger partial charge in [-0.1, -0.05) is 94.9 Å². The number of likely N-dealkylation sites (tertiary alicyclic amines) is 2. The summed E-state index contributed by atoms with van der Waals surface area (Å²) in [5.74, 6) is 2.01. The summed E-state index contributed by atoms with van der Waals surface area (Å²) in [5, 5.41) is 7.31. The molecule has 2 aliphatic rings. The summed E-state index contributed by atoms with van der Waals surface area (Å²) in [4.78, 5) is 22.1. The number of piperidine rings is 2. The topological polar surface area (TPSA) is 72.5 Å². The van der Waals surface area contributed by atoms with Crippen LogP contribution in [0.4, 0.5) is 17.8 Å². The highest BCUT2D eigenvalue weighted by atomic mass is 15.3. The van der Waals surface area contributed by atoms with Crippen molar-refractivity contribution in [2.75, 3.05) is 68.9 Å². The van der Waals surface area contributed by atoms with Crippen LogP contribution >= 0.6 is 0 Å². The van der Waals surface area contributed by atoms with Gasteiger partial charge >= 0.3 is 0 Å². The van der Waals surface area contributed by atoms with Crippen LogP contribution in [0.5, 0.6) is 0 Å². The summed E-state index contributed by atoms with van der Waals surface area (Å²) in [6.07, 6.45) is 15.4. The molecule has 2 N–H and O–H groups in total. The molecule has 0 aromatic carbocycles. The molecule has 0 spiro atoms. The van der Waals surface area contributed by atoms with Gasteiger partial charge in [0.1, 0.15) is 0 Å². The summed E-state index contributed by atoms with van der Waals surface area (Å²) >= 11 is 0. The number of anilines is 3. The fourth-order valence-corrected chi connectivity index (χ4v) is 7.57. The lowest BCUT2D eigenvalue weighted by atomic mass is 9.76. The first-order chi connectivity index (χ1) is 21.9. The quantitative estimate of drug-likeness (QED) is 0.153. The molecule has 272 valence electrons. The number of aromatic nitrogens is 3. The molecule has 2 aliphatic heterocycles. The first kappa shape index (κ1) is 39.8. The maximum Gasteiger partial charge on any atom is 0.231 e. The Morgan fingerprint density at radius 3 is 1.21 bits per heavy atom. The van der Waals surface area contributed by atoms with Crippen LogP contribution in [0.1, 0.15) is 146 Å². The average Bonchev–Trinajstić information content (AvgIpc) is 3.02. The average molecular weight is 657 g/mol. The van der Waals surface area contributed by atoms with E-state index < -0.39 is 0 Å². The van der Waals surface area contributed by atoms with Crippen LogP contribution in [0, 0.1) is 21.7 Å². The van der Waals surface area contributed by atoms with E-state index in [4.69, 9.17) is 15.0 Å². The van der Waals surface area contributed by atoms with Crippen LogP contribution < -0.4 is 15.5 Å². The summed E-state index contributed by atoms with van der Waals surface area (Å²) < 4.78 is 0. The van der Waals surface area contributed by atoms with Crippen molar-refractivity contribution in [1.29, 1.82) is 0 Å². The van der Waals surface area contributed by atoms with Gasteiger partial charge in [-0.3, -0.25) is 0 Å². The van der Waals surface area contributed by atoms with Gasteiger partial charge in [0.25, 0.3) is 0 Å². The highest BCUT2D eigenvalue weighted by molar-refractivity contribution is 5.43. The largest absolute Gasteiger partial charge is 0.353 e. The Hall–Kier alpha value is -1.67. The van der Waals surface area contributed by atoms with Gasteiger partial charge in [0.15, 0.2) is 0 Å². The lowest BCUT2D eigenvalue weighted by Crippen LogP contribution is -2.45. The summed E-state index contributed by atoms with van der Waals surface area (Å²) in [6, 6.07) is 1.21. The second-order valence-electron chi connectivity index (χ2n) is 18.6. The van der Waals surface area contributed by atoms with Gasteiger partial charge in [0.05, 0.1) is 0 Å². The predicted molar refractivity (Wildman–Crippen MR) is 204 cm³/mol. The molecule has 3 heterocycles. The van der Waals surface area contributed by atoms with Crippen LogP contribution in [0.3, 0.4) is 0 Å². The highest BCUT2D eigenvalue weighted by Crippen LogP contribution is 2.37. The molecule has 47 heavy (non-hydrogen) atoms. The molecular formula is C39H76N8. The standard InChI is InChI=1S/C39H76N8/c1-13-36(3,4)25-31(46-21-17-15-18-22-46)27-38(7,8)29-40-33-42-34(44-35(43-33)45(11)12)41-30-39(9,10)28-32(26-37(5,6)14-2)47-23-19-16-20-24-47/h31-32H,13-30H2,1-12H3,(H2,40,41,42,43,44). The Kier molecular flexibility index (Phi) is 14.7. The van der Waals surface area contributed by atoms with E-state index in [9.17, 15) is 0 Å². The molecule has 2 unspecified atom stereocenters. The number of nitrogens with one attached hydrogen (secondary N) is 2. The molecule has 0 saturated carbocycles. The van der Waals surface area contributed by atoms with Gasteiger partial charge in [-0.25, -0.2) is 0 Å². The Morgan fingerprint density at radius 1 is 0.553 bits per heavy atom. The minimum atomic E-state index is 0.0994. The molecule has 8 heteroatoms. The molecule has 0 bridgehead atoms. The third kappa shape index (κ3) is 13.6. The Morgan fingerprint density at radius 2 is 0.894 bits per heavy atom. The Balaban J connectivity index is 1.69. The first-order valence-electron chi connectivity index (χ1n) is 19.3. The molecule has 0 aliphatic carbocycles. The number of rotatable bonds is 19. The highest BCUT2D eigenvalue weighted by Gasteiger charge is 2.34. The van der Waals surface area contributed by atoms with Crippen LogP contribution in [-0.2, 0) is 0 Å². The second-order valence-corrected chi connectivity index (χ2v) is 18.6. The normalized spacial score (nSPS) is 19.0. The SMILES string of the molecule is CCC(C)(C)CC(CC(C)(C)CNc1nc(NCC(C)(C)CC(CC(C)(C)CC)N2CCCCC2)nc(N(C)C)n1)N1CCCCC1. The van der Waals surface area contributed by atoms with E-state index in [2.05, 4.69) is 89.7 Å². The van der Waals surface area contributed by atoms with Crippen LogP contribution in [0.25, 0.3) is 0 Å². The molecule has 2 fully saturated rings. The zero-order valence-electron chi connectivity index (χ0n) is 33.1. The summed E-state index contributed by atoms with van der Waals surface area (Å²) in [6.45, 7) is 30.7. The minimum absolute atomic E-state index is 0.0994. The van der Waals surface area contributed by atoms with Gasteiger partial charge in [-0.2, -0.15) is 15.0 Å². The monoisotopic (exact) mass is 657 g/mol. The summed E-state index contributed by atoms with van der Waals surface area (Å²) in [5.41, 5.74) is 0.911. The van der Waals surface area contributed by atoms with Gasteiger partial charge in [-0.05, 0) is 99.2 Å². The van der Waals surface area contributed by atoms with Crippen LogP contribution in [0.2, 0.25) is 0 Å². The van der Waals surface area contributed by atoms with E-state index >= 15 is 0 Å². The van der Waals surface area contributed by atoms with Crippen molar-refractivity contribution in [1.82, 2.24) is 24.8 Å². The fraction of sp³-hybridized carbons (Fsp3) is 0.923. The minimum Gasteiger partial charge on any atom is -0.353 e. The molecule has 2 atom stereocenters. The lowest BCUT2D eigenvalue weighted by Gasteiger charge is -2.42. The van der Waals surface area contributed by atoms with Crippen LogP contribution in [-0.4, -0.2) is 90.2 Å². The van der Waals surface area contributed by atoms with Crippen molar-refractivity contribution in [3.63, 3.8) is 0 Å². The van der Waals surface area contributed by atoms with Crippen molar-refractivity contribution in [3.8, 4) is 0 Å². The second kappa shape index (κ2) is 17.3. The van der Waals surface area contributed by atoms with E-state index in [-0.39, 0.29) is 10.8 Å². The molecule has 2 saturated heterocycles. The number of hydrogen-bond donors (Lipinski definition) is 2. The maximum absolute atomic E-state index is 4.91. The smallest absolute Gasteiger partial charge is 0.231 e. The third-order valence-corrected chi connectivity index (χ3v) is 11.4. The van der Waals surface area contributed by atoms with Crippen molar-refractivity contribution in [2.24, 2.45) is 21.7 Å². The van der Waals surface area contributed by atoms with Gasteiger partial charge in [-0.15, -0.1) is 0 Å². The molecule has 8 nitrogen and oxygen atoms in total. The molecule has 3 rings (SSSR count). The first-order valence-corrected chi connectivity index (χ1v) is 19.3. The maximum atomic E-state index is 4.91. The summed E-state index contributed by atoms with van der Waals surface area (Å²) in [7, 11) is 4.02. The zero-order chi connectivity index (χ0) is 34.9. The Labute approximate surface area is 291 Å². The lowest BCUT2D eigenvalue weighted by molar-refractivity contribution is 0.0846. The van der Waals surface area contributed by atoms with E-state index in [0.717, 1.165) is 13.1 Å². The molecule has 0 amide bonds. The number of nitrogens with zero attached hydrogens (tertiary/aromatic N) is 6. The molecule has 0 radical (unpaired) electrons. The van der Waals surface area contributed by atoms with Crippen molar-refractivity contribution < 1.29 is 0 Å². The zero-order valence-corrected chi connectivity index (χ0v) is 33.1. The predicted octanol–water partition coefficient (Wildman–Crippen LogP) is 8.96. The molecular weight excluding hydrogens is 580 g/mol. The van der Waals surface area contributed by atoms with E-state index in [1.54, 1.807) is 0 Å². The van der Waals surface area contributed by atoms with Crippen molar-refractivity contribution in [3.05, 3.63) is 0 Å². The van der Waals surface area contributed by atoms with E-state index in [0.29, 0.717) is 40.8 Å². The van der Waals surface area contributed by atoms with Crippen molar-refractivity contribution >= 4 is 17.8 Å². The van der Waals surface area contributed by atoms with Gasteiger partial charge in [0, 0.05) is 39.3 Å². The number of hydrogen-bond acceptors (Lipinski definition) is 8. The van der Waals surface area contributed by atoms with Gasteiger partial charge in [0.2, 0.25) is 17.8 Å². The molecule has 1 aromatic heterocycles. The van der Waals surface area contributed by atoms with Crippen LogP contribution in [0.15, 0.2) is 0 Å². The fourth-order valence-electron chi connectivity index (χ4n) is 7.57. The van der Waals surface area contributed by atoms with Gasteiger partial charge < -0.3 is 25.3 Å². The van der Waals surface area contributed by atoms with E-state index in [1.165, 1.54) is 103 Å².